The molecule has 3 aromatic heterocycles. The minimum absolute atomic E-state index is 0.326. The number of hydrogen-bond acceptors (Lipinski definition) is 8. The SMILES string of the molecule is CC1Oc2cc3ncnc(-c4nnnn4Cc4ccccn4)c3cc2O1. The van der Waals surface area contributed by atoms with Crippen molar-refractivity contribution in [2.75, 3.05) is 0 Å². The monoisotopic (exact) mass is 347 g/mol. The number of tetrazole rings is 1. The van der Waals surface area contributed by atoms with Crippen LogP contribution in [0.5, 0.6) is 11.5 Å². The number of nitrogens with zero attached hydrogens (tertiary/aromatic N) is 7. The second kappa shape index (κ2) is 5.73. The Hall–Kier alpha value is -3.62. The maximum absolute atomic E-state index is 5.67. The molecular formula is C17H13N7O2. The summed E-state index contributed by atoms with van der Waals surface area (Å²) in [6.45, 7) is 2.28. The summed E-state index contributed by atoms with van der Waals surface area (Å²) in [6.07, 6.45) is 2.90. The van der Waals surface area contributed by atoms with E-state index in [0.29, 0.717) is 29.6 Å². The molecule has 4 heterocycles. The van der Waals surface area contributed by atoms with Crippen molar-refractivity contribution in [3.05, 3.63) is 48.5 Å². The molecule has 0 spiro atoms. The molecule has 9 heteroatoms. The summed E-state index contributed by atoms with van der Waals surface area (Å²) in [4.78, 5) is 13.1. The predicted octanol–water partition coefficient (Wildman–Crippen LogP) is 1.84. The molecule has 1 aliphatic rings. The van der Waals surface area contributed by atoms with Crippen LogP contribution in [-0.4, -0.2) is 41.4 Å². The summed E-state index contributed by atoms with van der Waals surface area (Å²) < 4.78 is 12.9. The van der Waals surface area contributed by atoms with E-state index >= 15 is 0 Å². The van der Waals surface area contributed by atoms with E-state index in [4.69, 9.17) is 9.47 Å². The van der Waals surface area contributed by atoms with Gasteiger partial charge in [0.2, 0.25) is 12.1 Å². The zero-order valence-corrected chi connectivity index (χ0v) is 13.8. The normalized spacial score (nSPS) is 15.5. The molecule has 4 aromatic rings. The van der Waals surface area contributed by atoms with Crippen LogP contribution in [0.2, 0.25) is 0 Å². The molecule has 5 rings (SSSR count). The molecule has 1 aliphatic heterocycles. The molecule has 0 saturated heterocycles. The maximum Gasteiger partial charge on any atom is 0.238 e. The third kappa shape index (κ3) is 2.41. The molecular weight excluding hydrogens is 334 g/mol. The van der Waals surface area contributed by atoms with Crippen LogP contribution in [0.15, 0.2) is 42.9 Å². The number of hydrogen-bond donors (Lipinski definition) is 0. The predicted molar refractivity (Wildman–Crippen MR) is 90.4 cm³/mol. The molecule has 0 radical (unpaired) electrons. The number of pyridine rings is 1. The first kappa shape index (κ1) is 14.7. The van der Waals surface area contributed by atoms with Crippen molar-refractivity contribution < 1.29 is 9.47 Å². The standard InChI is InChI=1S/C17H13N7O2/c1-10-25-14-6-12-13(7-15(14)26-10)19-9-20-16(12)17-21-22-23-24(17)8-11-4-2-3-5-18-11/h2-7,9-10H,8H2,1H3. The second-order valence-electron chi connectivity index (χ2n) is 5.82. The highest BCUT2D eigenvalue weighted by Gasteiger charge is 2.23. The van der Waals surface area contributed by atoms with Gasteiger partial charge in [-0.1, -0.05) is 6.07 Å². The Morgan fingerprint density at radius 1 is 1.08 bits per heavy atom. The van der Waals surface area contributed by atoms with E-state index < -0.39 is 0 Å². The number of aromatic nitrogens is 7. The molecule has 0 saturated carbocycles. The molecule has 0 fully saturated rings. The fourth-order valence-corrected chi connectivity index (χ4v) is 2.93. The van der Waals surface area contributed by atoms with E-state index in [1.807, 2.05) is 37.3 Å². The highest BCUT2D eigenvalue weighted by Crippen LogP contribution is 2.39. The molecule has 26 heavy (non-hydrogen) atoms. The minimum Gasteiger partial charge on any atom is -0.451 e. The molecule has 9 nitrogen and oxygen atoms in total. The lowest BCUT2D eigenvalue weighted by Gasteiger charge is -2.07. The molecule has 1 unspecified atom stereocenters. The Morgan fingerprint density at radius 3 is 2.81 bits per heavy atom. The molecule has 128 valence electrons. The highest BCUT2D eigenvalue weighted by molar-refractivity contribution is 5.92. The Bertz CT molecular complexity index is 1100. The minimum atomic E-state index is -0.326. The fraction of sp³-hybridized carbons (Fsp3) is 0.176. The number of ether oxygens (including phenoxy) is 2. The van der Waals surface area contributed by atoms with Crippen molar-refractivity contribution in [3.63, 3.8) is 0 Å². The lowest BCUT2D eigenvalue weighted by molar-refractivity contribution is 0.0679. The first-order valence-electron chi connectivity index (χ1n) is 8.06. The average molecular weight is 347 g/mol. The maximum atomic E-state index is 5.67. The number of rotatable bonds is 3. The van der Waals surface area contributed by atoms with Crippen LogP contribution in [0.25, 0.3) is 22.4 Å². The van der Waals surface area contributed by atoms with Crippen molar-refractivity contribution in [3.8, 4) is 23.0 Å². The van der Waals surface area contributed by atoms with E-state index in [-0.39, 0.29) is 6.29 Å². The molecule has 0 amide bonds. The van der Waals surface area contributed by atoms with Gasteiger partial charge in [0.05, 0.1) is 17.8 Å². The van der Waals surface area contributed by atoms with Crippen LogP contribution in [0.1, 0.15) is 12.6 Å². The van der Waals surface area contributed by atoms with E-state index in [0.717, 1.165) is 16.6 Å². The van der Waals surface area contributed by atoms with Gasteiger partial charge in [0.15, 0.2) is 11.5 Å². The second-order valence-corrected chi connectivity index (χ2v) is 5.82. The van der Waals surface area contributed by atoms with Crippen LogP contribution in [0.4, 0.5) is 0 Å². The van der Waals surface area contributed by atoms with Gasteiger partial charge in [-0.15, -0.1) is 5.10 Å². The summed E-state index contributed by atoms with van der Waals surface area (Å²) in [6, 6.07) is 9.42. The van der Waals surface area contributed by atoms with Crippen molar-refractivity contribution in [2.24, 2.45) is 0 Å². The topological polar surface area (TPSA) is 101 Å². The van der Waals surface area contributed by atoms with E-state index in [9.17, 15) is 0 Å². The van der Waals surface area contributed by atoms with Gasteiger partial charge >= 0.3 is 0 Å². The Morgan fingerprint density at radius 2 is 1.96 bits per heavy atom. The van der Waals surface area contributed by atoms with Gasteiger partial charge in [-0.2, -0.15) is 0 Å². The van der Waals surface area contributed by atoms with Crippen molar-refractivity contribution >= 4 is 10.9 Å². The largest absolute Gasteiger partial charge is 0.451 e. The molecule has 0 bridgehead atoms. The summed E-state index contributed by atoms with van der Waals surface area (Å²) in [5, 5.41) is 12.8. The highest BCUT2D eigenvalue weighted by atomic mass is 16.7. The van der Waals surface area contributed by atoms with Gasteiger partial charge in [0, 0.05) is 24.6 Å². The molecule has 0 aliphatic carbocycles. The van der Waals surface area contributed by atoms with Gasteiger partial charge in [0.25, 0.3) is 0 Å². The van der Waals surface area contributed by atoms with Crippen molar-refractivity contribution in [1.29, 1.82) is 0 Å². The quantitative estimate of drug-likeness (QED) is 0.553. The van der Waals surface area contributed by atoms with Crippen LogP contribution in [0.3, 0.4) is 0 Å². The lowest BCUT2D eigenvalue weighted by atomic mass is 10.1. The van der Waals surface area contributed by atoms with Crippen LogP contribution < -0.4 is 9.47 Å². The Labute approximate surface area is 147 Å². The van der Waals surface area contributed by atoms with E-state index in [2.05, 4.69) is 30.5 Å². The molecule has 1 aromatic carbocycles. The molecule has 1 atom stereocenters. The van der Waals surface area contributed by atoms with Crippen LogP contribution in [-0.2, 0) is 6.54 Å². The lowest BCUT2D eigenvalue weighted by Crippen LogP contribution is -2.11. The Balaban J connectivity index is 1.62. The number of fused-ring (bicyclic) bond motifs is 2. The van der Waals surface area contributed by atoms with E-state index in [1.165, 1.54) is 6.33 Å². The van der Waals surface area contributed by atoms with Gasteiger partial charge in [-0.05, 0) is 28.6 Å². The number of benzene rings is 1. The zero-order chi connectivity index (χ0) is 17.5. The average Bonchev–Trinajstić information content (AvgIpc) is 3.25. The Kier molecular flexibility index (Phi) is 3.24. The van der Waals surface area contributed by atoms with Gasteiger partial charge in [0.1, 0.15) is 12.0 Å². The van der Waals surface area contributed by atoms with Crippen molar-refractivity contribution in [2.45, 2.75) is 19.8 Å². The molecule has 0 N–H and O–H groups in total. The summed E-state index contributed by atoms with van der Waals surface area (Å²) in [7, 11) is 0. The smallest absolute Gasteiger partial charge is 0.238 e. The van der Waals surface area contributed by atoms with E-state index in [1.54, 1.807) is 10.9 Å². The first-order valence-corrected chi connectivity index (χ1v) is 8.06. The third-order valence-electron chi connectivity index (χ3n) is 4.07. The van der Waals surface area contributed by atoms with Crippen LogP contribution in [0, 0.1) is 0 Å². The fourth-order valence-electron chi connectivity index (χ4n) is 2.93. The van der Waals surface area contributed by atoms with Gasteiger partial charge in [-0.25, -0.2) is 14.6 Å². The summed E-state index contributed by atoms with van der Waals surface area (Å²) >= 11 is 0. The van der Waals surface area contributed by atoms with Gasteiger partial charge < -0.3 is 9.47 Å². The van der Waals surface area contributed by atoms with Crippen LogP contribution >= 0.6 is 0 Å². The zero-order valence-electron chi connectivity index (χ0n) is 13.8. The van der Waals surface area contributed by atoms with Crippen molar-refractivity contribution in [1.82, 2.24) is 35.2 Å². The van der Waals surface area contributed by atoms with Gasteiger partial charge in [-0.3, -0.25) is 4.98 Å². The summed E-state index contributed by atoms with van der Waals surface area (Å²) in [5.74, 6) is 1.86. The summed E-state index contributed by atoms with van der Waals surface area (Å²) in [5.41, 5.74) is 2.21. The first-order chi connectivity index (χ1) is 12.8. The third-order valence-corrected chi connectivity index (χ3v) is 4.07.